The van der Waals surface area contributed by atoms with Crippen molar-refractivity contribution < 1.29 is 13.2 Å². The lowest BCUT2D eigenvalue weighted by atomic mass is 10.1. The van der Waals surface area contributed by atoms with Gasteiger partial charge in [0.2, 0.25) is 5.91 Å². The Morgan fingerprint density at radius 3 is 2.92 bits per heavy atom. The van der Waals surface area contributed by atoms with Crippen LogP contribution >= 0.6 is 27.3 Å². The van der Waals surface area contributed by atoms with Crippen molar-refractivity contribution in [3.63, 3.8) is 0 Å². The molecule has 0 unspecified atom stereocenters. The molecule has 0 spiro atoms. The fraction of sp³-hybridized carbons (Fsp3) is 0.375. The Kier molecular flexibility index (Phi) is 5.08. The highest BCUT2D eigenvalue weighted by Crippen LogP contribution is 2.25. The van der Waals surface area contributed by atoms with Gasteiger partial charge in [0, 0.05) is 22.0 Å². The molecule has 1 aromatic heterocycles. The van der Waals surface area contributed by atoms with Crippen LogP contribution in [0.15, 0.2) is 28.9 Å². The molecule has 2 heterocycles. The highest BCUT2D eigenvalue weighted by Gasteiger charge is 2.33. The minimum atomic E-state index is -3.06. The van der Waals surface area contributed by atoms with E-state index >= 15 is 0 Å². The molecular weight excluding hydrogens is 412 g/mol. The fourth-order valence-electron chi connectivity index (χ4n) is 2.67. The first-order valence-corrected chi connectivity index (χ1v) is 11.0. The highest BCUT2D eigenvalue weighted by molar-refractivity contribution is 9.10. The number of nitrogens with one attached hydrogen (secondary N) is 1. The summed E-state index contributed by atoms with van der Waals surface area (Å²) in [6.07, 6.45) is 2.90. The van der Waals surface area contributed by atoms with Crippen LogP contribution in [0.2, 0.25) is 0 Å². The minimum absolute atomic E-state index is 0.0603. The summed E-state index contributed by atoms with van der Waals surface area (Å²) >= 11 is 4.91. The number of thiazole rings is 1. The number of rotatable bonds is 4. The van der Waals surface area contributed by atoms with E-state index in [-0.39, 0.29) is 17.4 Å². The number of nitrogens with zero attached hydrogens (tertiary/aromatic N) is 1. The number of hydrogen-bond donors (Lipinski definition) is 1. The van der Waals surface area contributed by atoms with Gasteiger partial charge in [0.25, 0.3) is 0 Å². The van der Waals surface area contributed by atoms with E-state index in [4.69, 9.17) is 0 Å². The predicted molar refractivity (Wildman–Crippen MR) is 99.2 cm³/mol. The molecule has 0 bridgehead atoms. The summed E-state index contributed by atoms with van der Waals surface area (Å²) in [7, 11) is -3.06. The molecule has 0 radical (unpaired) electrons. The Balaban J connectivity index is 1.63. The number of carbonyl (C=O) groups excluding carboxylic acids is 1. The van der Waals surface area contributed by atoms with Crippen LogP contribution in [0.5, 0.6) is 0 Å². The van der Waals surface area contributed by atoms with Crippen molar-refractivity contribution in [2.24, 2.45) is 5.92 Å². The first-order chi connectivity index (χ1) is 11.3. The molecule has 3 rings (SSSR count). The molecule has 2 aromatic rings. The Morgan fingerprint density at radius 2 is 2.25 bits per heavy atom. The highest BCUT2D eigenvalue weighted by atomic mass is 79.9. The summed E-state index contributed by atoms with van der Waals surface area (Å²) in [5, 5.41) is 3.27. The van der Waals surface area contributed by atoms with Crippen LogP contribution in [0.4, 0.5) is 5.13 Å². The summed E-state index contributed by atoms with van der Waals surface area (Å²) in [6.45, 7) is 2.04. The summed E-state index contributed by atoms with van der Waals surface area (Å²) < 4.78 is 24.0. The lowest BCUT2D eigenvalue weighted by Gasteiger charge is -2.06. The third-order valence-electron chi connectivity index (χ3n) is 3.99. The van der Waals surface area contributed by atoms with Crippen LogP contribution in [-0.2, 0) is 21.1 Å². The Morgan fingerprint density at radius 1 is 1.46 bits per heavy atom. The Bertz CT molecular complexity index is 877. The number of anilines is 1. The zero-order valence-corrected chi connectivity index (χ0v) is 16.3. The second-order valence-electron chi connectivity index (χ2n) is 5.98. The molecule has 0 saturated carbocycles. The maximum absolute atomic E-state index is 12.1. The van der Waals surface area contributed by atoms with Crippen LogP contribution in [0, 0.1) is 12.8 Å². The smallest absolute Gasteiger partial charge is 0.230 e. The Hall–Kier alpha value is -1.25. The van der Waals surface area contributed by atoms with Crippen molar-refractivity contribution >= 4 is 48.1 Å². The number of benzene rings is 1. The molecule has 0 aliphatic carbocycles. The Labute approximate surface area is 153 Å². The standard InChI is InChI=1S/C16H17BrN2O3S2/c1-10-6-11(2-3-14(10)17)7-13-8-18-16(23-13)19-15(20)12-4-5-24(21,22)9-12/h2-3,6,8,12H,4-5,7,9H2,1H3,(H,18,19,20)/t12-/m0/s1. The number of sulfone groups is 1. The van der Waals surface area contributed by atoms with Gasteiger partial charge in [0.05, 0.1) is 17.4 Å². The predicted octanol–water partition coefficient (Wildman–Crippen LogP) is 3.18. The normalized spacial score (nSPS) is 19.3. The lowest BCUT2D eigenvalue weighted by Crippen LogP contribution is -2.23. The van der Waals surface area contributed by atoms with Crippen LogP contribution < -0.4 is 5.32 Å². The molecule has 24 heavy (non-hydrogen) atoms. The zero-order chi connectivity index (χ0) is 17.3. The number of amides is 1. The second-order valence-corrected chi connectivity index (χ2v) is 10.2. The summed E-state index contributed by atoms with van der Waals surface area (Å²) in [4.78, 5) is 17.4. The molecule has 1 N–H and O–H groups in total. The summed E-state index contributed by atoms with van der Waals surface area (Å²) in [5.74, 6) is -0.681. The van der Waals surface area contributed by atoms with Crippen molar-refractivity contribution in [1.82, 2.24) is 4.98 Å². The van der Waals surface area contributed by atoms with Crippen molar-refractivity contribution in [1.29, 1.82) is 0 Å². The van der Waals surface area contributed by atoms with Crippen molar-refractivity contribution in [2.75, 3.05) is 16.8 Å². The molecule has 1 saturated heterocycles. The average Bonchev–Trinajstić information content (AvgIpc) is 3.09. The minimum Gasteiger partial charge on any atom is -0.302 e. The van der Waals surface area contributed by atoms with Crippen LogP contribution in [0.3, 0.4) is 0 Å². The van der Waals surface area contributed by atoms with Gasteiger partial charge in [-0.25, -0.2) is 13.4 Å². The van der Waals surface area contributed by atoms with Crippen molar-refractivity contribution in [3.05, 3.63) is 44.9 Å². The molecule has 8 heteroatoms. The molecule has 1 aromatic carbocycles. The SMILES string of the molecule is Cc1cc(Cc2cnc(NC(=O)[C@H]3CCS(=O)(=O)C3)s2)ccc1Br. The number of carbonyl (C=O) groups is 1. The quantitative estimate of drug-likeness (QED) is 0.810. The van der Waals surface area contributed by atoms with Gasteiger partial charge in [0.1, 0.15) is 0 Å². The van der Waals surface area contributed by atoms with Crippen molar-refractivity contribution in [3.8, 4) is 0 Å². The molecule has 128 valence electrons. The number of aromatic nitrogens is 1. The molecule has 1 atom stereocenters. The fourth-order valence-corrected chi connectivity index (χ4v) is 5.51. The first kappa shape index (κ1) is 17.6. The van der Waals surface area contributed by atoms with E-state index in [1.54, 1.807) is 6.20 Å². The van der Waals surface area contributed by atoms with Crippen LogP contribution in [0.1, 0.15) is 22.4 Å². The van der Waals surface area contributed by atoms with Gasteiger partial charge in [-0.2, -0.15) is 0 Å². The number of aryl methyl sites for hydroxylation is 1. The molecule has 1 aliphatic heterocycles. The average molecular weight is 429 g/mol. The van der Waals surface area contributed by atoms with Gasteiger partial charge < -0.3 is 5.32 Å². The van der Waals surface area contributed by atoms with E-state index in [0.29, 0.717) is 11.6 Å². The first-order valence-electron chi connectivity index (χ1n) is 7.53. The maximum Gasteiger partial charge on any atom is 0.230 e. The van der Waals surface area contributed by atoms with Crippen LogP contribution in [0.25, 0.3) is 0 Å². The van der Waals surface area contributed by atoms with E-state index in [9.17, 15) is 13.2 Å². The van der Waals surface area contributed by atoms with Gasteiger partial charge in [0.15, 0.2) is 15.0 Å². The summed E-state index contributed by atoms with van der Waals surface area (Å²) in [5.41, 5.74) is 2.35. The van der Waals surface area contributed by atoms with Crippen LogP contribution in [-0.4, -0.2) is 30.8 Å². The van der Waals surface area contributed by atoms with Gasteiger partial charge >= 0.3 is 0 Å². The zero-order valence-electron chi connectivity index (χ0n) is 13.1. The molecule has 5 nitrogen and oxygen atoms in total. The van der Waals surface area contributed by atoms with Gasteiger partial charge in [-0.15, -0.1) is 11.3 Å². The van der Waals surface area contributed by atoms with E-state index in [1.807, 2.05) is 13.0 Å². The second kappa shape index (κ2) is 6.93. The third kappa shape index (κ3) is 4.23. The van der Waals surface area contributed by atoms with E-state index < -0.39 is 15.8 Å². The largest absolute Gasteiger partial charge is 0.302 e. The van der Waals surface area contributed by atoms with Gasteiger partial charge in [-0.3, -0.25) is 4.79 Å². The number of halogens is 1. The lowest BCUT2D eigenvalue weighted by molar-refractivity contribution is -0.119. The maximum atomic E-state index is 12.1. The summed E-state index contributed by atoms with van der Waals surface area (Å²) in [6, 6.07) is 6.19. The van der Waals surface area contributed by atoms with Crippen molar-refractivity contribution in [2.45, 2.75) is 19.8 Å². The van der Waals surface area contributed by atoms with E-state index in [0.717, 1.165) is 15.8 Å². The topological polar surface area (TPSA) is 76.1 Å². The van der Waals surface area contributed by atoms with Gasteiger partial charge in [-0.05, 0) is 30.5 Å². The molecule has 1 amide bonds. The molecule has 1 fully saturated rings. The van der Waals surface area contributed by atoms with Gasteiger partial charge in [-0.1, -0.05) is 28.1 Å². The monoisotopic (exact) mass is 428 g/mol. The number of hydrogen-bond acceptors (Lipinski definition) is 5. The molecular formula is C16H17BrN2O3S2. The van der Waals surface area contributed by atoms with E-state index in [1.165, 1.54) is 22.5 Å². The third-order valence-corrected chi connectivity index (χ3v) is 7.56. The molecule has 1 aliphatic rings. The van der Waals surface area contributed by atoms with E-state index in [2.05, 4.69) is 38.4 Å².